The van der Waals surface area contributed by atoms with E-state index in [1.807, 2.05) is 12.1 Å². The molecule has 0 spiro atoms. The second kappa shape index (κ2) is 10.6. The zero-order valence-electron chi connectivity index (χ0n) is 14.9. The Morgan fingerprint density at radius 1 is 0.957 bits per heavy atom. The smallest absolute Gasteiger partial charge is 0.120 e. The molecule has 0 bridgehead atoms. The van der Waals surface area contributed by atoms with Crippen LogP contribution in [0.5, 0.6) is 5.75 Å². The van der Waals surface area contributed by atoms with Crippen LogP contribution in [0.4, 0.5) is 5.69 Å². The Labute approximate surface area is 142 Å². The first-order chi connectivity index (χ1) is 11.3. The van der Waals surface area contributed by atoms with E-state index >= 15 is 0 Å². The molecule has 1 aromatic rings. The van der Waals surface area contributed by atoms with E-state index in [2.05, 4.69) is 18.3 Å². The van der Waals surface area contributed by atoms with Crippen LogP contribution >= 0.6 is 0 Å². The number of hydrogen-bond donors (Lipinski definition) is 2. The highest BCUT2D eigenvalue weighted by atomic mass is 16.3. The third kappa shape index (κ3) is 6.45. The van der Waals surface area contributed by atoms with Crippen LogP contribution in [-0.4, -0.2) is 11.1 Å². The van der Waals surface area contributed by atoms with E-state index in [0.717, 1.165) is 12.0 Å². The highest BCUT2D eigenvalue weighted by Crippen LogP contribution is 2.30. The summed E-state index contributed by atoms with van der Waals surface area (Å²) in [6.45, 7) is 2.26. The molecule has 2 N–H and O–H groups in total. The van der Waals surface area contributed by atoms with Gasteiger partial charge in [0.05, 0.1) is 0 Å². The molecule has 2 rings (SSSR count). The zero-order valence-corrected chi connectivity index (χ0v) is 14.9. The standard InChI is InChI=1S/C21H35NO/c1-2-3-4-5-6-7-11-15-19-20(16-12-17-21(19)23)22-18-13-9-8-10-14-18/h12,16-18,22-23H,2-11,13-15H2,1H3. The summed E-state index contributed by atoms with van der Waals surface area (Å²) < 4.78 is 0. The van der Waals surface area contributed by atoms with Crippen LogP contribution < -0.4 is 5.32 Å². The highest BCUT2D eigenvalue weighted by Gasteiger charge is 2.15. The van der Waals surface area contributed by atoms with Gasteiger partial charge in [0, 0.05) is 17.3 Å². The van der Waals surface area contributed by atoms with Gasteiger partial charge in [-0.3, -0.25) is 0 Å². The third-order valence-electron chi connectivity index (χ3n) is 5.15. The van der Waals surface area contributed by atoms with Gasteiger partial charge in [-0.2, -0.15) is 0 Å². The lowest BCUT2D eigenvalue weighted by Crippen LogP contribution is -2.22. The molecule has 0 saturated heterocycles. The fraction of sp³-hybridized carbons (Fsp3) is 0.714. The van der Waals surface area contributed by atoms with Crippen molar-refractivity contribution in [1.82, 2.24) is 0 Å². The number of benzene rings is 1. The lowest BCUT2D eigenvalue weighted by Gasteiger charge is -2.25. The van der Waals surface area contributed by atoms with Crippen molar-refractivity contribution < 1.29 is 5.11 Å². The van der Waals surface area contributed by atoms with Crippen molar-refractivity contribution in [2.24, 2.45) is 0 Å². The van der Waals surface area contributed by atoms with Crippen LogP contribution in [0.25, 0.3) is 0 Å². The Bertz CT molecular complexity index is 437. The van der Waals surface area contributed by atoms with Crippen molar-refractivity contribution in [3.05, 3.63) is 23.8 Å². The van der Waals surface area contributed by atoms with Crippen LogP contribution in [0.15, 0.2) is 18.2 Å². The van der Waals surface area contributed by atoms with Gasteiger partial charge in [-0.25, -0.2) is 0 Å². The number of phenolic OH excluding ortho intramolecular Hbond substituents is 1. The molecule has 0 heterocycles. The summed E-state index contributed by atoms with van der Waals surface area (Å²) in [6.07, 6.45) is 16.8. The number of unbranched alkanes of at least 4 members (excludes halogenated alkanes) is 6. The quantitative estimate of drug-likeness (QED) is 0.487. The molecule has 0 amide bonds. The van der Waals surface area contributed by atoms with E-state index in [1.165, 1.54) is 82.7 Å². The van der Waals surface area contributed by atoms with Gasteiger partial charge in [0.25, 0.3) is 0 Å². The summed E-state index contributed by atoms with van der Waals surface area (Å²) in [5.41, 5.74) is 2.30. The van der Waals surface area contributed by atoms with Gasteiger partial charge in [-0.1, -0.05) is 70.8 Å². The van der Waals surface area contributed by atoms with Crippen LogP contribution in [0.3, 0.4) is 0 Å². The van der Waals surface area contributed by atoms with Crippen LogP contribution in [0.2, 0.25) is 0 Å². The van der Waals surface area contributed by atoms with Crippen molar-refractivity contribution in [1.29, 1.82) is 0 Å². The number of aromatic hydroxyl groups is 1. The number of hydrogen-bond acceptors (Lipinski definition) is 2. The Hall–Kier alpha value is -1.18. The molecule has 0 atom stereocenters. The molecular weight excluding hydrogens is 282 g/mol. The molecule has 0 radical (unpaired) electrons. The summed E-state index contributed by atoms with van der Waals surface area (Å²) >= 11 is 0. The van der Waals surface area contributed by atoms with Crippen LogP contribution in [0, 0.1) is 0 Å². The van der Waals surface area contributed by atoms with E-state index in [9.17, 15) is 5.11 Å². The average molecular weight is 318 g/mol. The maximum absolute atomic E-state index is 10.3. The highest BCUT2D eigenvalue weighted by molar-refractivity contribution is 5.57. The van der Waals surface area contributed by atoms with Crippen molar-refractivity contribution in [2.75, 3.05) is 5.32 Å². The lowest BCUT2D eigenvalue weighted by atomic mass is 9.94. The zero-order chi connectivity index (χ0) is 16.3. The predicted molar refractivity (Wildman–Crippen MR) is 100 cm³/mol. The fourth-order valence-corrected chi connectivity index (χ4v) is 3.70. The van der Waals surface area contributed by atoms with Gasteiger partial charge in [0.1, 0.15) is 5.75 Å². The molecule has 2 nitrogen and oxygen atoms in total. The molecule has 1 aliphatic rings. The average Bonchev–Trinajstić information content (AvgIpc) is 2.57. The van der Waals surface area contributed by atoms with Crippen LogP contribution in [0.1, 0.15) is 89.5 Å². The van der Waals surface area contributed by atoms with Crippen molar-refractivity contribution in [3.63, 3.8) is 0 Å². The maximum atomic E-state index is 10.3. The monoisotopic (exact) mass is 317 g/mol. The van der Waals surface area contributed by atoms with Gasteiger partial charge in [0.2, 0.25) is 0 Å². The van der Waals surface area contributed by atoms with Gasteiger partial charge in [-0.15, -0.1) is 0 Å². The Morgan fingerprint density at radius 3 is 2.39 bits per heavy atom. The van der Waals surface area contributed by atoms with Crippen molar-refractivity contribution in [3.8, 4) is 5.75 Å². The second-order valence-corrected chi connectivity index (χ2v) is 7.15. The summed E-state index contributed by atoms with van der Waals surface area (Å²) in [7, 11) is 0. The van der Waals surface area contributed by atoms with Gasteiger partial charge >= 0.3 is 0 Å². The Morgan fingerprint density at radius 2 is 1.65 bits per heavy atom. The first-order valence-electron chi connectivity index (χ1n) is 9.88. The minimum absolute atomic E-state index is 0.469. The Kier molecular flexibility index (Phi) is 8.35. The normalized spacial score (nSPS) is 15.7. The molecule has 0 aromatic heterocycles. The summed E-state index contributed by atoms with van der Waals surface area (Å²) in [4.78, 5) is 0. The SMILES string of the molecule is CCCCCCCCCc1c(O)cccc1NC1CCCCC1. The molecule has 1 aliphatic carbocycles. The third-order valence-corrected chi connectivity index (χ3v) is 5.15. The molecule has 23 heavy (non-hydrogen) atoms. The first-order valence-corrected chi connectivity index (χ1v) is 9.88. The van der Waals surface area contributed by atoms with Crippen molar-refractivity contribution in [2.45, 2.75) is 96.4 Å². The largest absolute Gasteiger partial charge is 0.508 e. The number of rotatable bonds is 10. The van der Waals surface area contributed by atoms with Gasteiger partial charge < -0.3 is 10.4 Å². The van der Waals surface area contributed by atoms with E-state index < -0.39 is 0 Å². The summed E-state index contributed by atoms with van der Waals surface area (Å²) in [6, 6.07) is 6.54. The fourth-order valence-electron chi connectivity index (χ4n) is 3.70. The van der Waals surface area contributed by atoms with E-state index in [0.29, 0.717) is 11.8 Å². The maximum Gasteiger partial charge on any atom is 0.120 e. The molecule has 2 heteroatoms. The van der Waals surface area contributed by atoms with Crippen LogP contribution in [-0.2, 0) is 6.42 Å². The summed E-state index contributed by atoms with van der Waals surface area (Å²) in [5.74, 6) is 0.469. The van der Waals surface area contributed by atoms with E-state index in [4.69, 9.17) is 0 Å². The van der Waals surface area contributed by atoms with E-state index in [1.54, 1.807) is 0 Å². The molecule has 0 aliphatic heterocycles. The van der Waals surface area contributed by atoms with E-state index in [-0.39, 0.29) is 0 Å². The van der Waals surface area contributed by atoms with Crippen molar-refractivity contribution >= 4 is 5.69 Å². The molecular formula is C21H35NO. The molecule has 1 fully saturated rings. The molecule has 0 unspecified atom stereocenters. The summed E-state index contributed by atoms with van der Waals surface area (Å²) in [5, 5.41) is 14.0. The minimum atomic E-state index is 0.469. The molecule has 1 aromatic carbocycles. The first kappa shape index (κ1) is 18.2. The molecule has 130 valence electrons. The molecule has 1 saturated carbocycles. The van der Waals surface area contributed by atoms with Gasteiger partial charge in [0.15, 0.2) is 0 Å². The number of nitrogens with one attached hydrogen (secondary N) is 1. The predicted octanol–water partition coefficient (Wildman–Crippen LogP) is 6.43. The minimum Gasteiger partial charge on any atom is -0.508 e. The topological polar surface area (TPSA) is 32.3 Å². The second-order valence-electron chi connectivity index (χ2n) is 7.15. The number of anilines is 1. The Balaban J connectivity index is 1.80. The number of phenols is 1. The lowest BCUT2D eigenvalue weighted by molar-refractivity contribution is 0.457. The van der Waals surface area contributed by atoms with Gasteiger partial charge in [-0.05, 0) is 37.8 Å².